The van der Waals surface area contributed by atoms with E-state index < -0.39 is 0 Å². The molecule has 1 N–H and O–H groups in total. The van der Waals surface area contributed by atoms with E-state index in [2.05, 4.69) is 9.80 Å². The van der Waals surface area contributed by atoms with Gasteiger partial charge in [-0.3, -0.25) is 9.80 Å². The summed E-state index contributed by atoms with van der Waals surface area (Å²) in [6.45, 7) is 5.37. The van der Waals surface area contributed by atoms with Crippen LogP contribution in [0.4, 0.5) is 4.39 Å². The van der Waals surface area contributed by atoms with Crippen molar-refractivity contribution in [3.05, 3.63) is 64.4 Å². The maximum absolute atomic E-state index is 13.2. The van der Waals surface area contributed by atoms with Crippen molar-refractivity contribution in [2.45, 2.75) is 13.1 Å². The number of benzene rings is 2. The predicted octanol–water partition coefficient (Wildman–Crippen LogP) is 3.50. The van der Waals surface area contributed by atoms with Crippen LogP contribution in [0, 0.1) is 5.82 Å². The van der Waals surface area contributed by atoms with Gasteiger partial charge < -0.3 is 5.11 Å². The van der Waals surface area contributed by atoms with E-state index in [1.165, 1.54) is 6.07 Å². The van der Waals surface area contributed by atoms with Gasteiger partial charge in [0.2, 0.25) is 0 Å². The van der Waals surface area contributed by atoms with Crippen LogP contribution in [0.3, 0.4) is 0 Å². The van der Waals surface area contributed by atoms with E-state index in [-0.39, 0.29) is 11.6 Å². The highest BCUT2D eigenvalue weighted by atomic mass is 35.5. The number of piperazine rings is 1. The SMILES string of the molecule is Oc1ccc(CN2CCN(Cc3cccc(F)c3)CC2)c(Cl)c1. The molecule has 0 aromatic heterocycles. The van der Waals surface area contributed by atoms with Crippen LogP contribution >= 0.6 is 11.6 Å². The molecular formula is C18H20ClFN2O. The van der Waals surface area contributed by atoms with Gasteiger partial charge in [0, 0.05) is 44.3 Å². The lowest BCUT2D eigenvalue weighted by Gasteiger charge is -2.34. The summed E-state index contributed by atoms with van der Waals surface area (Å²) in [6, 6.07) is 11.9. The standard InChI is InChI=1S/C18H20ClFN2O/c19-18-11-17(23)5-4-15(18)13-22-8-6-21(7-9-22)12-14-2-1-3-16(20)10-14/h1-5,10-11,23H,6-9,12-13H2. The molecule has 1 aliphatic heterocycles. The Bertz CT molecular complexity index is 672. The van der Waals surface area contributed by atoms with E-state index in [4.69, 9.17) is 11.6 Å². The zero-order chi connectivity index (χ0) is 16.2. The maximum Gasteiger partial charge on any atom is 0.123 e. The quantitative estimate of drug-likeness (QED) is 0.927. The highest BCUT2D eigenvalue weighted by molar-refractivity contribution is 6.31. The zero-order valence-electron chi connectivity index (χ0n) is 12.9. The summed E-state index contributed by atoms with van der Waals surface area (Å²) in [7, 11) is 0. The van der Waals surface area contributed by atoms with Crippen LogP contribution in [0.1, 0.15) is 11.1 Å². The molecular weight excluding hydrogens is 315 g/mol. The monoisotopic (exact) mass is 334 g/mol. The lowest BCUT2D eigenvalue weighted by molar-refractivity contribution is 0.122. The first-order valence-electron chi connectivity index (χ1n) is 7.77. The number of hydrogen-bond donors (Lipinski definition) is 1. The predicted molar refractivity (Wildman–Crippen MR) is 90.1 cm³/mol. The molecule has 2 aromatic rings. The molecule has 0 spiro atoms. The molecule has 0 unspecified atom stereocenters. The third-order valence-corrected chi connectivity index (χ3v) is 4.54. The lowest BCUT2D eigenvalue weighted by Crippen LogP contribution is -2.45. The molecule has 0 radical (unpaired) electrons. The number of nitrogens with zero attached hydrogens (tertiary/aromatic N) is 2. The molecule has 23 heavy (non-hydrogen) atoms. The van der Waals surface area contributed by atoms with Crippen LogP contribution in [0.5, 0.6) is 5.75 Å². The lowest BCUT2D eigenvalue weighted by atomic mass is 10.1. The number of halogens is 2. The summed E-state index contributed by atoms with van der Waals surface area (Å²) in [5.74, 6) is 0.0155. The van der Waals surface area contributed by atoms with Crippen molar-refractivity contribution in [1.29, 1.82) is 0 Å². The number of phenolic OH excluding ortho intramolecular Hbond substituents is 1. The van der Waals surface area contributed by atoms with Crippen molar-refractivity contribution in [2.24, 2.45) is 0 Å². The van der Waals surface area contributed by atoms with Crippen molar-refractivity contribution < 1.29 is 9.50 Å². The minimum atomic E-state index is -0.178. The first kappa shape index (κ1) is 16.2. The number of rotatable bonds is 4. The summed E-state index contributed by atoms with van der Waals surface area (Å²) < 4.78 is 13.2. The second kappa shape index (κ2) is 7.30. The summed E-state index contributed by atoms with van der Waals surface area (Å²) in [4.78, 5) is 4.68. The van der Waals surface area contributed by atoms with E-state index in [1.807, 2.05) is 12.1 Å². The van der Waals surface area contributed by atoms with E-state index >= 15 is 0 Å². The van der Waals surface area contributed by atoms with Gasteiger partial charge >= 0.3 is 0 Å². The normalized spacial score (nSPS) is 16.6. The minimum Gasteiger partial charge on any atom is -0.508 e. The Morgan fingerprint density at radius 1 is 0.957 bits per heavy atom. The van der Waals surface area contributed by atoms with Crippen LogP contribution in [-0.4, -0.2) is 41.1 Å². The van der Waals surface area contributed by atoms with Gasteiger partial charge in [-0.25, -0.2) is 4.39 Å². The Labute approximate surface area is 140 Å². The third-order valence-electron chi connectivity index (χ3n) is 4.19. The molecule has 3 rings (SSSR count). The van der Waals surface area contributed by atoms with E-state index in [0.29, 0.717) is 5.02 Å². The van der Waals surface area contributed by atoms with Crippen molar-refractivity contribution in [2.75, 3.05) is 26.2 Å². The molecule has 1 saturated heterocycles. The van der Waals surface area contributed by atoms with E-state index in [1.54, 1.807) is 24.3 Å². The van der Waals surface area contributed by atoms with Gasteiger partial charge in [-0.1, -0.05) is 29.8 Å². The first-order chi connectivity index (χ1) is 11.1. The molecule has 1 heterocycles. The van der Waals surface area contributed by atoms with Crippen LogP contribution in [0.15, 0.2) is 42.5 Å². The number of phenols is 1. The van der Waals surface area contributed by atoms with Gasteiger partial charge in [-0.15, -0.1) is 0 Å². The summed E-state index contributed by atoms with van der Waals surface area (Å²) >= 11 is 6.17. The first-order valence-corrected chi connectivity index (χ1v) is 8.14. The van der Waals surface area contributed by atoms with Crippen molar-refractivity contribution >= 4 is 11.6 Å². The molecule has 5 heteroatoms. The van der Waals surface area contributed by atoms with Gasteiger partial charge in [-0.05, 0) is 35.4 Å². The molecule has 0 atom stereocenters. The summed E-state index contributed by atoms with van der Waals surface area (Å²) in [6.07, 6.45) is 0. The van der Waals surface area contributed by atoms with Crippen LogP contribution < -0.4 is 0 Å². The number of hydrogen-bond acceptors (Lipinski definition) is 3. The largest absolute Gasteiger partial charge is 0.508 e. The fourth-order valence-corrected chi connectivity index (χ4v) is 3.14. The topological polar surface area (TPSA) is 26.7 Å². The molecule has 122 valence electrons. The van der Waals surface area contributed by atoms with E-state index in [9.17, 15) is 9.50 Å². The average molecular weight is 335 g/mol. The molecule has 1 fully saturated rings. The maximum atomic E-state index is 13.2. The highest BCUT2D eigenvalue weighted by Gasteiger charge is 2.18. The van der Waals surface area contributed by atoms with Gasteiger partial charge in [0.1, 0.15) is 11.6 Å². The molecule has 0 amide bonds. The van der Waals surface area contributed by atoms with Crippen LogP contribution in [0.25, 0.3) is 0 Å². The second-order valence-corrected chi connectivity index (χ2v) is 6.37. The highest BCUT2D eigenvalue weighted by Crippen LogP contribution is 2.23. The van der Waals surface area contributed by atoms with Gasteiger partial charge in [-0.2, -0.15) is 0 Å². The third kappa shape index (κ3) is 4.44. The van der Waals surface area contributed by atoms with Crippen molar-refractivity contribution in [3.8, 4) is 5.75 Å². The Balaban J connectivity index is 1.52. The summed E-state index contributed by atoms with van der Waals surface area (Å²) in [5, 5.41) is 10.0. The molecule has 0 saturated carbocycles. The van der Waals surface area contributed by atoms with Crippen LogP contribution in [-0.2, 0) is 13.1 Å². The fraction of sp³-hybridized carbons (Fsp3) is 0.333. The molecule has 3 nitrogen and oxygen atoms in total. The zero-order valence-corrected chi connectivity index (χ0v) is 13.6. The van der Waals surface area contributed by atoms with Gasteiger partial charge in [0.15, 0.2) is 0 Å². The minimum absolute atomic E-state index is 0.178. The second-order valence-electron chi connectivity index (χ2n) is 5.96. The molecule has 1 aliphatic rings. The van der Waals surface area contributed by atoms with Gasteiger partial charge in [0.05, 0.1) is 0 Å². The van der Waals surface area contributed by atoms with Crippen LogP contribution in [0.2, 0.25) is 5.02 Å². The van der Waals surface area contributed by atoms with Crippen molar-refractivity contribution in [3.63, 3.8) is 0 Å². The van der Waals surface area contributed by atoms with Crippen molar-refractivity contribution in [1.82, 2.24) is 9.80 Å². The molecule has 2 aromatic carbocycles. The van der Waals surface area contributed by atoms with E-state index in [0.717, 1.165) is 50.4 Å². The number of aromatic hydroxyl groups is 1. The Kier molecular flexibility index (Phi) is 5.16. The van der Waals surface area contributed by atoms with Gasteiger partial charge in [0.25, 0.3) is 0 Å². The Morgan fingerprint density at radius 2 is 1.65 bits per heavy atom. The Morgan fingerprint density at radius 3 is 2.30 bits per heavy atom. The average Bonchev–Trinajstić information content (AvgIpc) is 2.52. The smallest absolute Gasteiger partial charge is 0.123 e. The summed E-state index contributed by atoms with van der Waals surface area (Å²) in [5.41, 5.74) is 2.04. The molecule has 0 bridgehead atoms. The fourth-order valence-electron chi connectivity index (χ4n) is 2.90. The molecule has 0 aliphatic carbocycles. The Hall–Kier alpha value is -1.62.